The number of aliphatic imine (C=N–C) groups is 1. The van der Waals surface area contributed by atoms with Crippen molar-refractivity contribution in [1.82, 2.24) is 15.3 Å². The molecule has 3 aliphatic rings. The molecular formula is C44H65FN6O. The van der Waals surface area contributed by atoms with Crippen LogP contribution in [0.4, 0.5) is 27.3 Å². The molecule has 1 amide bonds. The molecule has 6 rings (SSSR count). The Morgan fingerprint density at radius 1 is 1.02 bits per heavy atom. The van der Waals surface area contributed by atoms with E-state index < -0.39 is 11.2 Å². The van der Waals surface area contributed by atoms with Crippen LogP contribution in [0.5, 0.6) is 0 Å². The summed E-state index contributed by atoms with van der Waals surface area (Å²) in [5.74, 6) is 1.90. The van der Waals surface area contributed by atoms with Crippen LogP contribution in [0.3, 0.4) is 0 Å². The van der Waals surface area contributed by atoms with Crippen LogP contribution in [-0.2, 0) is 10.2 Å². The number of anilines is 3. The summed E-state index contributed by atoms with van der Waals surface area (Å²) < 4.78 is 14.5. The molecule has 8 heteroatoms. The topological polar surface area (TPSA) is 82.5 Å². The zero-order valence-corrected chi connectivity index (χ0v) is 33.3. The van der Waals surface area contributed by atoms with Gasteiger partial charge >= 0.3 is 0 Å². The summed E-state index contributed by atoms with van der Waals surface area (Å²) in [4.78, 5) is 29.8. The Morgan fingerprint density at radius 3 is 2.33 bits per heavy atom. The largest absolute Gasteiger partial charge is 0.337 e. The fourth-order valence-corrected chi connectivity index (χ4v) is 7.47. The zero-order chi connectivity index (χ0) is 37.7. The molecule has 2 fully saturated rings. The number of amides is 1. The third kappa shape index (κ3) is 10.1. The van der Waals surface area contributed by atoms with Crippen LogP contribution in [0.25, 0.3) is 11.3 Å². The van der Waals surface area contributed by atoms with Gasteiger partial charge in [0.2, 0.25) is 5.91 Å². The summed E-state index contributed by atoms with van der Waals surface area (Å²) in [6, 6.07) is 10.2. The second-order valence-corrected chi connectivity index (χ2v) is 15.5. The average molecular weight is 713 g/mol. The van der Waals surface area contributed by atoms with Crippen molar-refractivity contribution in [2.75, 3.05) is 23.3 Å². The highest BCUT2D eigenvalue weighted by Crippen LogP contribution is 2.52. The molecule has 0 radical (unpaired) electrons. The Labute approximate surface area is 313 Å². The maximum Gasteiger partial charge on any atom is 0.238 e. The van der Waals surface area contributed by atoms with Gasteiger partial charge in [-0.1, -0.05) is 106 Å². The van der Waals surface area contributed by atoms with Crippen molar-refractivity contribution in [3.8, 4) is 11.3 Å². The van der Waals surface area contributed by atoms with Gasteiger partial charge in [-0.3, -0.25) is 14.8 Å². The van der Waals surface area contributed by atoms with E-state index in [4.69, 9.17) is 9.98 Å². The molecule has 7 nitrogen and oxygen atoms in total. The third-order valence-electron chi connectivity index (χ3n) is 10.3. The average Bonchev–Trinajstić information content (AvgIpc) is 3.33. The number of benzene rings is 1. The molecule has 284 valence electrons. The van der Waals surface area contributed by atoms with E-state index in [9.17, 15) is 9.18 Å². The van der Waals surface area contributed by atoms with E-state index in [1.165, 1.54) is 51.1 Å². The molecule has 0 atom stereocenters. The van der Waals surface area contributed by atoms with Crippen molar-refractivity contribution < 1.29 is 9.18 Å². The molecule has 4 heterocycles. The minimum Gasteiger partial charge on any atom is -0.337 e. The van der Waals surface area contributed by atoms with Gasteiger partial charge in [-0.05, 0) is 87.7 Å². The quantitative estimate of drug-likeness (QED) is 0.144. The number of hydrogen-bond acceptors (Lipinski definition) is 6. The Balaban J connectivity index is 0.000000482. The maximum atomic E-state index is 14.5. The lowest BCUT2D eigenvalue weighted by Crippen LogP contribution is -2.53. The fraction of sp³-hybridized carbons (Fsp3) is 0.591. The van der Waals surface area contributed by atoms with Crippen LogP contribution in [0.1, 0.15) is 137 Å². The predicted molar refractivity (Wildman–Crippen MR) is 218 cm³/mol. The SMILES string of the molecule is CC(C)C.CCC=Nc1cc(-c2ccc3c(c2)N(C2CC(CCC)C2)C(=O)C32CCNCC2)nc(Nc2ccncc2F)c1C.CCCCCCC. The van der Waals surface area contributed by atoms with E-state index in [1.54, 1.807) is 12.3 Å². The monoisotopic (exact) mass is 713 g/mol. The summed E-state index contributed by atoms with van der Waals surface area (Å²) in [5.41, 5.74) is 5.31. The number of carbonyl (C=O) groups excluding carboxylic acids is 1. The Morgan fingerprint density at radius 2 is 1.71 bits per heavy atom. The molecule has 1 saturated heterocycles. The van der Waals surface area contributed by atoms with Crippen molar-refractivity contribution in [3.05, 3.63) is 59.7 Å². The van der Waals surface area contributed by atoms with Gasteiger partial charge in [0.1, 0.15) is 5.82 Å². The number of pyridine rings is 2. The molecule has 0 unspecified atom stereocenters. The Hall–Kier alpha value is -3.65. The van der Waals surface area contributed by atoms with Crippen molar-refractivity contribution in [1.29, 1.82) is 0 Å². The van der Waals surface area contributed by atoms with E-state index >= 15 is 0 Å². The first kappa shape index (κ1) is 41.1. The number of nitrogens with zero attached hydrogens (tertiary/aromatic N) is 4. The van der Waals surface area contributed by atoms with Gasteiger partial charge in [-0.15, -0.1) is 0 Å². The minimum atomic E-state index is -0.447. The van der Waals surface area contributed by atoms with Gasteiger partial charge < -0.3 is 15.5 Å². The van der Waals surface area contributed by atoms with Crippen LogP contribution in [-0.4, -0.2) is 41.2 Å². The molecule has 3 aromatic rings. The van der Waals surface area contributed by atoms with Crippen LogP contribution >= 0.6 is 0 Å². The van der Waals surface area contributed by atoms with Crippen molar-refractivity contribution in [2.45, 2.75) is 144 Å². The first-order valence-electron chi connectivity index (χ1n) is 20.2. The van der Waals surface area contributed by atoms with E-state index in [-0.39, 0.29) is 11.9 Å². The summed E-state index contributed by atoms with van der Waals surface area (Å²) in [5, 5.41) is 6.61. The van der Waals surface area contributed by atoms with Gasteiger partial charge in [0.05, 0.1) is 28.7 Å². The standard InChI is InChI=1S/C33H39FN6O.C7H16.C4H10/c1-4-6-22-16-24(17-22)40-30-18-23(7-8-25(30)33(32(40)41)10-14-35-15-11-33)29-19-28(37-12-5-2)21(3)31(39-29)38-27-9-13-36-20-26(27)34;1-3-5-7-6-4-2;1-4(2)3/h7-9,12-13,18-20,22,24,35H,4-6,10-11,14-17H2,1-3H3,(H,36,38,39);3-7H2,1-2H3;4H,1-3H3. The zero-order valence-electron chi connectivity index (χ0n) is 33.3. The number of rotatable bonds is 12. The Kier molecular flexibility index (Phi) is 15.8. The first-order chi connectivity index (χ1) is 25.1. The Bertz CT molecular complexity index is 1600. The molecule has 52 heavy (non-hydrogen) atoms. The highest BCUT2D eigenvalue weighted by Gasteiger charge is 2.54. The van der Waals surface area contributed by atoms with Crippen LogP contribution in [0.15, 0.2) is 47.7 Å². The lowest BCUT2D eigenvalue weighted by atomic mass is 9.73. The predicted octanol–water partition coefficient (Wildman–Crippen LogP) is 11.6. The number of aromatic nitrogens is 2. The summed E-state index contributed by atoms with van der Waals surface area (Å²) >= 11 is 0. The molecule has 2 aliphatic heterocycles. The fourth-order valence-electron chi connectivity index (χ4n) is 7.47. The number of piperidine rings is 1. The van der Waals surface area contributed by atoms with Gasteiger partial charge in [-0.25, -0.2) is 9.37 Å². The van der Waals surface area contributed by atoms with Crippen LogP contribution in [0, 0.1) is 24.6 Å². The second-order valence-electron chi connectivity index (χ2n) is 15.5. The number of halogens is 1. The molecule has 0 bridgehead atoms. The van der Waals surface area contributed by atoms with Crippen molar-refractivity contribution in [3.63, 3.8) is 0 Å². The molecular weight excluding hydrogens is 648 g/mol. The highest BCUT2D eigenvalue weighted by molar-refractivity contribution is 6.09. The molecule has 2 N–H and O–H groups in total. The van der Waals surface area contributed by atoms with Gasteiger partial charge in [0, 0.05) is 35.3 Å². The van der Waals surface area contributed by atoms with Crippen LogP contribution in [0.2, 0.25) is 0 Å². The van der Waals surface area contributed by atoms with E-state index in [2.05, 4.69) is 80.3 Å². The lowest BCUT2D eigenvalue weighted by molar-refractivity contribution is -0.125. The molecule has 1 aliphatic carbocycles. The minimum absolute atomic E-state index is 0.255. The number of unbranched alkanes of at least 4 members (excludes halogenated alkanes) is 4. The highest BCUT2D eigenvalue weighted by atomic mass is 19.1. The third-order valence-corrected chi connectivity index (χ3v) is 10.3. The van der Waals surface area contributed by atoms with Crippen molar-refractivity contribution >= 4 is 35.0 Å². The summed E-state index contributed by atoms with van der Waals surface area (Å²) in [6.07, 6.45) is 18.6. The normalized spacial score (nSPS) is 18.8. The van der Waals surface area contributed by atoms with E-state index in [0.29, 0.717) is 17.4 Å². The maximum absolute atomic E-state index is 14.5. The molecule has 1 saturated carbocycles. The number of hydrogen-bond donors (Lipinski definition) is 2. The van der Waals surface area contributed by atoms with E-state index in [1.807, 2.05) is 26.1 Å². The summed E-state index contributed by atoms with van der Waals surface area (Å²) in [7, 11) is 0. The van der Waals surface area contributed by atoms with Crippen molar-refractivity contribution in [2.24, 2.45) is 16.8 Å². The first-order valence-corrected chi connectivity index (χ1v) is 20.2. The molecule has 1 aromatic carbocycles. The van der Waals surface area contributed by atoms with E-state index in [0.717, 1.165) is 84.9 Å². The lowest BCUT2D eigenvalue weighted by Gasteiger charge is -2.43. The van der Waals surface area contributed by atoms with Gasteiger partial charge in [0.25, 0.3) is 0 Å². The molecule has 2 aromatic heterocycles. The van der Waals surface area contributed by atoms with Crippen LogP contribution < -0.4 is 15.5 Å². The number of fused-ring (bicyclic) bond motifs is 2. The second kappa shape index (κ2) is 20.0. The number of nitrogens with one attached hydrogen (secondary N) is 2. The number of carbonyl (C=O) groups is 1. The smallest absolute Gasteiger partial charge is 0.238 e. The van der Waals surface area contributed by atoms with Gasteiger partial charge in [-0.2, -0.15) is 0 Å². The summed E-state index contributed by atoms with van der Waals surface area (Å²) in [6.45, 7) is 18.9. The van der Waals surface area contributed by atoms with Gasteiger partial charge in [0.15, 0.2) is 5.82 Å². The molecule has 1 spiro atoms.